The van der Waals surface area contributed by atoms with Gasteiger partial charge >= 0.3 is 0 Å². The van der Waals surface area contributed by atoms with Crippen molar-refractivity contribution in [1.29, 1.82) is 0 Å². The molecule has 0 fully saturated rings. The van der Waals surface area contributed by atoms with Crippen LogP contribution in [0.5, 0.6) is 0 Å². The maximum atomic E-state index is 12.8. The van der Waals surface area contributed by atoms with Gasteiger partial charge in [0.15, 0.2) is 5.13 Å². The van der Waals surface area contributed by atoms with E-state index in [1.807, 2.05) is 0 Å². The third-order valence-corrected chi connectivity index (χ3v) is 7.54. The normalized spacial score (nSPS) is 12.0. The Morgan fingerprint density at radius 2 is 1.52 bits per heavy atom. The lowest BCUT2D eigenvalue weighted by molar-refractivity contribution is 0.600. The summed E-state index contributed by atoms with van der Waals surface area (Å²) in [5.74, 6) is 0. The third kappa shape index (κ3) is 4.06. The fraction of sp³-hybridized carbons (Fsp3) is 0. The molecule has 0 amide bonds. The first-order chi connectivity index (χ1) is 13.9. The van der Waals surface area contributed by atoms with Crippen molar-refractivity contribution in [3.63, 3.8) is 0 Å². The Balaban J connectivity index is 1.60. The highest BCUT2D eigenvalue weighted by molar-refractivity contribution is 7.93. The SMILES string of the molecule is O=S(=O)(Nc1nccs1)c1ccc(NS(=O)(=O)c2cccc3cccnc23)cc1. The summed E-state index contributed by atoms with van der Waals surface area (Å²) in [6.07, 6.45) is 3.01. The molecule has 2 aromatic carbocycles. The molecule has 0 saturated heterocycles. The van der Waals surface area contributed by atoms with E-state index in [9.17, 15) is 16.8 Å². The molecule has 8 nitrogen and oxygen atoms in total. The van der Waals surface area contributed by atoms with Crippen molar-refractivity contribution in [1.82, 2.24) is 9.97 Å². The first-order valence-corrected chi connectivity index (χ1v) is 12.1. The van der Waals surface area contributed by atoms with Crippen molar-refractivity contribution < 1.29 is 16.8 Å². The van der Waals surface area contributed by atoms with Gasteiger partial charge in [0.2, 0.25) is 0 Å². The number of hydrogen-bond acceptors (Lipinski definition) is 7. The van der Waals surface area contributed by atoms with Gasteiger partial charge in [-0.15, -0.1) is 11.3 Å². The minimum absolute atomic E-state index is 0.0116. The Labute approximate surface area is 171 Å². The molecule has 0 unspecified atom stereocenters. The van der Waals surface area contributed by atoms with Gasteiger partial charge in [-0.25, -0.2) is 21.8 Å². The highest BCUT2D eigenvalue weighted by Gasteiger charge is 2.19. The number of hydrogen-bond donors (Lipinski definition) is 2. The molecule has 0 aliphatic heterocycles. The molecular formula is C18H14N4O4S3. The van der Waals surface area contributed by atoms with Gasteiger partial charge in [-0.05, 0) is 36.4 Å². The van der Waals surface area contributed by atoms with Gasteiger partial charge in [0, 0.05) is 28.8 Å². The molecule has 0 atom stereocenters. The molecule has 0 aliphatic rings. The van der Waals surface area contributed by atoms with E-state index in [1.165, 1.54) is 42.7 Å². The molecule has 0 aliphatic carbocycles. The Morgan fingerprint density at radius 1 is 0.759 bits per heavy atom. The summed E-state index contributed by atoms with van der Waals surface area (Å²) >= 11 is 1.15. The lowest BCUT2D eigenvalue weighted by atomic mass is 10.2. The number of nitrogens with zero attached hydrogens (tertiary/aromatic N) is 2. The quantitative estimate of drug-likeness (QED) is 0.469. The average Bonchev–Trinajstić information content (AvgIpc) is 3.20. The van der Waals surface area contributed by atoms with Gasteiger partial charge in [0.05, 0.1) is 10.4 Å². The van der Waals surface area contributed by atoms with E-state index in [1.54, 1.807) is 29.6 Å². The first kappa shape index (κ1) is 19.3. The molecule has 2 heterocycles. The number of sulfonamides is 2. The number of benzene rings is 2. The minimum Gasteiger partial charge on any atom is -0.280 e. The molecule has 4 rings (SSSR count). The summed E-state index contributed by atoms with van der Waals surface area (Å²) in [6.45, 7) is 0. The highest BCUT2D eigenvalue weighted by Crippen LogP contribution is 2.24. The second-order valence-corrected chi connectivity index (χ2v) is 10.1. The Morgan fingerprint density at radius 3 is 2.24 bits per heavy atom. The molecule has 0 radical (unpaired) electrons. The smallest absolute Gasteiger partial charge is 0.264 e. The maximum absolute atomic E-state index is 12.8. The van der Waals surface area contributed by atoms with Gasteiger partial charge in [-0.2, -0.15) is 0 Å². The summed E-state index contributed by atoms with van der Waals surface area (Å²) in [7, 11) is -7.73. The number of thiazole rings is 1. The van der Waals surface area contributed by atoms with Gasteiger partial charge in [0.25, 0.3) is 20.0 Å². The van der Waals surface area contributed by atoms with Crippen LogP contribution in [0.1, 0.15) is 0 Å². The second-order valence-electron chi connectivity index (χ2n) is 5.90. The number of rotatable bonds is 6. The predicted octanol–water partition coefficient (Wildman–Crippen LogP) is 3.29. The summed E-state index contributed by atoms with van der Waals surface area (Å²) in [5, 5.41) is 2.60. The lowest BCUT2D eigenvalue weighted by Crippen LogP contribution is -2.15. The van der Waals surface area contributed by atoms with Gasteiger partial charge < -0.3 is 0 Å². The molecular weight excluding hydrogens is 432 g/mol. The van der Waals surface area contributed by atoms with Crippen LogP contribution in [0.3, 0.4) is 0 Å². The zero-order valence-electron chi connectivity index (χ0n) is 14.7. The molecule has 11 heteroatoms. The molecule has 2 aromatic heterocycles. The molecule has 4 aromatic rings. The molecule has 0 spiro atoms. The molecule has 2 N–H and O–H groups in total. The van der Waals surface area contributed by atoms with E-state index in [-0.39, 0.29) is 20.6 Å². The van der Waals surface area contributed by atoms with E-state index in [2.05, 4.69) is 19.4 Å². The van der Waals surface area contributed by atoms with E-state index in [0.717, 1.165) is 11.3 Å². The number of para-hydroxylation sites is 1. The van der Waals surface area contributed by atoms with Crippen molar-refractivity contribution in [2.75, 3.05) is 9.44 Å². The third-order valence-electron chi connectivity index (χ3n) is 3.96. The first-order valence-electron chi connectivity index (χ1n) is 8.24. The highest BCUT2D eigenvalue weighted by atomic mass is 32.2. The predicted molar refractivity (Wildman–Crippen MR) is 112 cm³/mol. The topological polar surface area (TPSA) is 118 Å². The van der Waals surface area contributed by atoms with Crippen LogP contribution in [0.25, 0.3) is 10.9 Å². The van der Waals surface area contributed by atoms with Crippen LogP contribution in [-0.2, 0) is 20.0 Å². The second kappa shape index (κ2) is 7.43. The van der Waals surface area contributed by atoms with E-state index >= 15 is 0 Å². The fourth-order valence-electron chi connectivity index (χ4n) is 2.65. The summed E-state index contributed by atoms with van der Waals surface area (Å²) in [4.78, 5) is 8.07. The minimum atomic E-state index is -3.92. The van der Waals surface area contributed by atoms with Crippen molar-refractivity contribution in [3.8, 4) is 0 Å². The zero-order valence-corrected chi connectivity index (χ0v) is 17.1. The van der Waals surface area contributed by atoms with E-state index < -0.39 is 20.0 Å². The summed E-state index contributed by atoms with van der Waals surface area (Å²) in [6, 6.07) is 13.8. The van der Waals surface area contributed by atoms with Crippen LogP contribution >= 0.6 is 11.3 Å². The Bertz CT molecular complexity index is 1360. The van der Waals surface area contributed by atoms with Crippen LogP contribution in [-0.4, -0.2) is 26.8 Å². The van der Waals surface area contributed by atoms with Crippen LogP contribution < -0.4 is 9.44 Å². The molecule has 148 valence electrons. The Hall–Kier alpha value is -3.02. The molecule has 0 bridgehead atoms. The van der Waals surface area contributed by atoms with Crippen molar-refractivity contribution >= 4 is 53.1 Å². The van der Waals surface area contributed by atoms with Gasteiger partial charge in [-0.1, -0.05) is 18.2 Å². The van der Waals surface area contributed by atoms with Crippen molar-refractivity contribution in [2.24, 2.45) is 0 Å². The Kier molecular flexibility index (Phi) is 4.94. The van der Waals surface area contributed by atoms with Crippen LogP contribution in [0.4, 0.5) is 10.8 Å². The number of fused-ring (bicyclic) bond motifs is 1. The van der Waals surface area contributed by atoms with Crippen LogP contribution in [0.15, 0.2) is 82.2 Å². The molecule has 0 saturated carbocycles. The van der Waals surface area contributed by atoms with Crippen LogP contribution in [0.2, 0.25) is 0 Å². The van der Waals surface area contributed by atoms with Crippen molar-refractivity contribution in [2.45, 2.75) is 9.79 Å². The number of anilines is 2. The largest absolute Gasteiger partial charge is 0.280 e. The van der Waals surface area contributed by atoms with Gasteiger partial charge in [0.1, 0.15) is 4.90 Å². The number of nitrogens with one attached hydrogen (secondary N) is 2. The number of pyridine rings is 1. The lowest BCUT2D eigenvalue weighted by Gasteiger charge is -2.11. The summed E-state index contributed by atoms with van der Waals surface area (Å²) in [5.41, 5.74) is 0.584. The summed E-state index contributed by atoms with van der Waals surface area (Å²) < 4.78 is 55.2. The van der Waals surface area contributed by atoms with E-state index in [0.29, 0.717) is 10.9 Å². The molecule has 29 heavy (non-hydrogen) atoms. The zero-order chi connectivity index (χ0) is 20.5. The van der Waals surface area contributed by atoms with Gasteiger partial charge in [-0.3, -0.25) is 14.4 Å². The van der Waals surface area contributed by atoms with Crippen molar-refractivity contribution in [3.05, 3.63) is 72.4 Å². The van der Waals surface area contributed by atoms with E-state index in [4.69, 9.17) is 0 Å². The number of aromatic nitrogens is 2. The maximum Gasteiger partial charge on any atom is 0.264 e. The average molecular weight is 447 g/mol. The fourth-order valence-corrected chi connectivity index (χ4v) is 5.68. The monoisotopic (exact) mass is 446 g/mol. The standard InChI is InChI=1S/C18H14N4O4S3/c23-28(24,22-18-20-11-12-27-18)15-8-6-14(7-9-15)21-29(25,26)16-5-1-3-13-4-2-10-19-17(13)16/h1-12,21H,(H,20,22). The van der Waals surface area contributed by atoms with Crippen LogP contribution in [0, 0.1) is 0 Å².